The van der Waals surface area contributed by atoms with Gasteiger partial charge in [-0.25, -0.2) is 14.6 Å². The van der Waals surface area contributed by atoms with Crippen LogP contribution in [0.15, 0.2) is 100 Å². The number of rotatable bonds is 12. The highest BCUT2D eigenvalue weighted by Gasteiger charge is 2.35. The molecule has 0 aliphatic carbocycles. The molecule has 272 valence electrons. The van der Waals surface area contributed by atoms with Gasteiger partial charge in [0.15, 0.2) is 16.3 Å². The van der Waals surface area contributed by atoms with Gasteiger partial charge in [0, 0.05) is 14.7 Å². The van der Waals surface area contributed by atoms with Crippen molar-refractivity contribution in [2.75, 3.05) is 27.4 Å². The minimum Gasteiger partial charge on any atom is -0.493 e. The van der Waals surface area contributed by atoms with Crippen molar-refractivity contribution in [3.05, 3.63) is 145 Å². The van der Waals surface area contributed by atoms with Crippen LogP contribution in [-0.4, -0.2) is 43.9 Å². The van der Waals surface area contributed by atoms with E-state index in [1.54, 1.807) is 55.9 Å². The number of hydrogen-bond acceptors (Lipinski definition) is 10. The van der Waals surface area contributed by atoms with E-state index in [1.165, 1.54) is 18.4 Å². The van der Waals surface area contributed by atoms with Crippen molar-refractivity contribution in [3.63, 3.8) is 0 Å². The molecule has 1 aromatic heterocycles. The van der Waals surface area contributed by atoms with E-state index in [4.69, 9.17) is 28.7 Å². The number of thiazole rings is 1. The molecule has 1 aliphatic rings. The average molecular weight is 957 g/mol. The molecule has 1 aliphatic heterocycles. The van der Waals surface area contributed by atoms with Crippen LogP contribution in [0.5, 0.6) is 17.2 Å². The lowest BCUT2D eigenvalue weighted by atomic mass is 9.93. The number of fused-ring (bicyclic) bond motifs is 1. The van der Waals surface area contributed by atoms with Crippen LogP contribution in [0.2, 0.25) is 0 Å². The Labute approximate surface area is 337 Å². The Kier molecular flexibility index (Phi) is 12.4. The quantitative estimate of drug-likeness (QED) is 0.0980. The number of ether oxygens (including phenoxy) is 5. The van der Waals surface area contributed by atoms with Gasteiger partial charge in [0.25, 0.3) is 5.56 Å². The predicted molar refractivity (Wildman–Crippen MR) is 219 cm³/mol. The summed E-state index contributed by atoms with van der Waals surface area (Å²) in [5.41, 5.74) is 3.64. The molecule has 6 rings (SSSR count). The van der Waals surface area contributed by atoms with Gasteiger partial charge in [-0.2, -0.15) is 0 Å². The lowest BCUT2D eigenvalue weighted by Gasteiger charge is -2.26. The number of esters is 2. The average Bonchev–Trinajstić information content (AvgIpc) is 3.47. The topological polar surface area (TPSA) is 115 Å². The zero-order valence-corrected chi connectivity index (χ0v) is 34.3. The summed E-state index contributed by atoms with van der Waals surface area (Å²) in [4.78, 5) is 46.0. The van der Waals surface area contributed by atoms with Crippen LogP contribution >= 0.6 is 56.5 Å². The number of hydrogen-bond donors (Lipinski definition) is 0. The third kappa shape index (κ3) is 8.21. The number of methoxy groups -OCH3 is 2. The van der Waals surface area contributed by atoms with E-state index in [-0.39, 0.29) is 30.3 Å². The monoisotopic (exact) mass is 956 g/mol. The first kappa shape index (κ1) is 38.3. The Balaban J connectivity index is 1.51. The van der Waals surface area contributed by atoms with E-state index in [1.807, 2.05) is 60.7 Å². The number of carbonyl (C=O) groups is 2. The lowest BCUT2D eigenvalue weighted by molar-refractivity contribution is -0.138. The molecular weight excluding hydrogens is 922 g/mol. The zero-order valence-electron chi connectivity index (χ0n) is 29.2. The fourth-order valence-electron chi connectivity index (χ4n) is 5.87. The summed E-state index contributed by atoms with van der Waals surface area (Å²) in [5.74, 6) is 0.584. The molecule has 0 saturated heterocycles. The van der Waals surface area contributed by atoms with Crippen LogP contribution < -0.4 is 29.1 Å². The molecule has 0 saturated carbocycles. The SMILES string of the molecule is CCOC(=O)C1=C(c2ccccc2)N=c2s/c(=C\c3cc(I)cc(I)c3OCc3ccc(C(=O)OCC)cc3)c(=O)n2[C@H]1c1ccc(OC)c(OC)c1. The highest BCUT2D eigenvalue weighted by atomic mass is 127. The molecule has 0 bridgehead atoms. The summed E-state index contributed by atoms with van der Waals surface area (Å²) < 4.78 is 32.0. The molecule has 0 spiro atoms. The second kappa shape index (κ2) is 17.1. The summed E-state index contributed by atoms with van der Waals surface area (Å²) in [5, 5.41) is 0. The van der Waals surface area contributed by atoms with Crippen LogP contribution in [0.4, 0.5) is 0 Å². The van der Waals surface area contributed by atoms with Crippen molar-refractivity contribution in [2.24, 2.45) is 4.99 Å². The van der Waals surface area contributed by atoms with Crippen LogP contribution in [0.1, 0.15) is 52.5 Å². The molecule has 0 fully saturated rings. The Hall–Kier alpha value is -4.48. The Morgan fingerprint density at radius 2 is 1.57 bits per heavy atom. The summed E-state index contributed by atoms with van der Waals surface area (Å²) in [6.07, 6.45) is 1.80. The van der Waals surface area contributed by atoms with E-state index in [0.717, 1.165) is 12.7 Å². The van der Waals surface area contributed by atoms with Gasteiger partial charge in [-0.15, -0.1) is 0 Å². The third-order valence-corrected chi connectivity index (χ3v) is 10.7. The maximum atomic E-state index is 14.6. The van der Waals surface area contributed by atoms with Crippen LogP contribution in [0.3, 0.4) is 0 Å². The van der Waals surface area contributed by atoms with Crippen molar-refractivity contribution in [1.29, 1.82) is 0 Å². The second-order valence-electron chi connectivity index (χ2n) is 11.6. The number of halogens is 2. The molecule has 53 heavy (non-hydrogen) atoms. The van der Waals surface area contributed by atoms with Gasteiger partial charge >= 0.3 is 11.9 Å². The first-order valence-electron chi connectivity index (χ1n) is 16.6. The maximum Gasteiger partial charge on any atom is 0.338 e. The van der Waals surface area contributed by atoms with E-state index < -0.39 is 12.0 Å². The van der Waals surface area contributed by atoms with Gasteiger partial charge in [-0.05, 0) is 113 Å². The predicted octanol–water partition coefficient (Wildman–Crippen LogP) is 6.92. The Bertz CT molecular complexity index is 2390. The number of carbonyl (C=O) groups excluding carboxylic acids is 2. The molecule has 1 atom stereocenters. The van der Waals surface area contributed by atoms with Gasteiger partial charge in [-0.3, -0.25) is 9.36 Å². The first-order chi connectivity index (χ1) is 25.7. The van der Waals surface area contributed by atoms with Crippen molar-refractivity contribution in [1.82, 2.24) is 4.57 Å². The fraction of sp³-hybridized carbons (Fsp3) is 0.200. The van der Waals surface area contributed by atoms with Crippen molar-refractivity contribution in [3.8, 4) is 17.2 Å². The third-order valence-electron chi connectivity index (χ3n) is 8.27. The number of nitrogens with zero attached hydrogens (tertiary/aromatic N) is 2. The fourth-order valence-corrected chi connectivity index (χ4v) is 8.90. The first-order valence-corrected chi connectivity index (χ1v) is 19.5. The summed E-state index contributed by atoms with van der Waals surface area (Å²) >= 11 is 5.69. The van der Waals surface area contributed by atoms with Gasteiger partial charge in [0.2, 0.25) is 0 Å². The maximum absolute atomic E-state index is 14.6. The van der Waals surface area contributed by atoms with Crippen molar-refractivity contribution in [2.45, 2.75) is 26.5 Å². The molecule has 0 N–H and O–H groups in total. The van der Waals surface area contributed by atoms with E-state index in [0.29, 0.717) is 61.1 Å². The van der Waals surface area contributed by atoms with Crippen LogP contribution in [0.25, 0.3) is 11.8 Å². The smallest absolute Gasteiger partial charge is 0.338 e. The molecule has 4 aromatic carbocycles. The number of benzene rings is 4. The van der Waals surface area contributed by atoms with Crippen molar-refractivity contribution >= 4 is 80.2 Å². The summed E-state index contributed by atoms with van der Waals surface area (Å²) in [7, 11) is 3.08. The van der Waals surface area contributed by atoms with E-state index in [9.17, 15) is 14.4 Å². The highest BCUT2D eigenvalue weighted by molar-refractivity contribution is 14.1. The molecule has 5 aromatic rings. The van der Waals surface area contributed by atoms with Crippen LogP contribution in [-0.2, 0) is 20.9 Å². The molecule has 0 radical (unpaired) electrons. The number of aromatic nitrogens is 1. The van der Waals surface area contributed by atoms with Gasteiger partial charge < -0.3 is 23.7 Å². The zero-order chi connectivity index (χ0) is 37.6. The highest BCUT2D eigenvalue weighted by Crippen LogP contribution is 2.38. The molecular formula is C40H34I2N2O8S. The van der Waals surface area contributed by atoms with Crippen LogP contribution in [0, 0.1) is 7.14 Å². The summed E-state index contributed by atoms with van der Waals surface area (Å²) in [6, 6.07) is 24.8. The van der Waals surface area contributed by atoms with E-state index in [2.05, 4.69) is 45.2 Å². The molecule has 0 unspecified atom stereocenters. The Morgan fingerprint density at radius 1 is 0.868 bits per heavy atom. The molecule has 2 heterocycles. The van der Waals surface area contributed by atoms with Gasteiger partial charge in [-0.1, -0.05) is 59.9 Å². The minimum atomic E-state index is -0.896. The van der Waals surface area contributed by atoms with Gasteiger partial charge in [0.1, 0.15) is 12.4 Å². The van der Waals surface area contributed by atoms with E-state index >= 15 is 0 Å². The molecule has 0 amide bonds. The summed E-state index contributed by atoms with van der Waals surface area (Å²) in [6.45, 7) is 4.17. The second-order valence-corrected chi connectivity index (χ2v) is 15.0. The lowest BCUT2D eigenvalue weighted by Crippen LogP contribution is -2.40. The normalized spacial score (nSPS) is 13.9. The Morgan fingerprint density at radius 3 is 2.25 bits per heavy atom. The standard InChI is InChI=1S/C40H34I2N2O8S/c1-5-50-38(46)25-14-12-23(13-15-25)22-52-36-27(18-28(41)21-29(36)42)20-32-37(45)44-35(26-16-17-30(48-3)31(19-26)49-4)33(39(47)51-6-2)34(43-40(44)53-32)24-10-8-7-9-11-24/h7-21,35H,5-6,22H2,1-4H3/b32-20-/t35-/m0/s1. The largest absolute Gasteiger partial charge is 0.493 e. The molecule has 10 nitrogen and oxygen atoms in total. The molecule has 13 heteroatoms. The minimum absolute atomic E-state index is 0.136. The van der Waals surface area contributed by atoms with Gasteiger partial charge in [0.05, 0.1) is 58.4 Å². The van der Waals surface area contributed by atoms with Crippen molar-refractivity contribution < 1.29 is 33.3 Å².